The Labute approximate surface area is 160 Å². The van der Waals surface area contributed by atoms with Gasteiger partial charge in [-0.2, -0.15) is 0 Å². The van der Waals surface area contributed by atoms with Crippen molar-refractivity contribution in [3.63, 3.8) is 0 Å². The van der Waals surface area contributed by atoms with Gasteiger partial charge in [-0.05, 0) is 36.4 Å². The van der Waals surface area contributed by atoms with Crippen LogP contribution in [0.4, 0.5) is 4.39 Å². The summed E-state index contributed by atoms with van der Waals surface area (Å²) in [5, 5.41) is 11.8. The van der Waals surface area contributed by atoms with Gasteiger partial charge in [0.2, 0.25) is 0 Å². The van der Waals surface area contributed by atoms with E-state index in [2.05, 4.69) is 15.1 Å². The molecular weight excluding hydrogens is 357 g/mol. The van der Waals surface area contributed by atoms with Gasteiger partial charge < -0.3 is 15.9 Å². The largest absolute Gasteiger partial charge is 0.409 e. The fourth-order valence-electron chi connectivity index (χ4n) is 2.91. The van der Waals surface area contributed by atoms with Crippen LogP contribution in [0.15, 0.2) is 78.2 Å². The molecule has 4 rings (SSSR count). The number of rotatable bonds is 4. The van der Waals surface area contributed by atoms with Crippen LogP contribution in [0, 0.1) is 5.82 Å². The molecule has 2 aromatic carbocycles. The molecule has 0 saturated heterocycles. The van der Waals surface area contributed by atoms with Crippen LogP contribution in [-0.2, 0) is 0 Å². The standard InChI is InChI=1S/C21H16FN5O/c22-17-7-5-13(6-8-17)18-19(14-9-11-24-12-10-14)26-21(25-18)16-3-1-15(2-4-16)20(23)27-28/h1-12,28H,(H2,23,27)(H,25,26). The Morgan fingerprint density at radius 1 is 0.893 bits per heavy atom. The number of amidine groups is 1. The third-order valence-corrected chi connectivity index (χ3v) is 4.35. The zero-order valence-corrected chi connectivity index (χ0v) is 14.7. The smallest absolute Gasteiger partial charge is 0.170 e. The van der Waals surface area contributed by atoms with Crippen molar-refractivity contribution in [3.8, 4) is 33.9 Å². The van der Waals surface area contributed by atoms with Crippen molar-refractivity contribution in [1.82, 2.24) is 15.0 Å². The molecule has 2 heterocycles. The first-order valence-electron chi connectivity index (χ1n) is 8.50. The van der Waals surface area contributed by atoms with Gasteiger partial charge in [0, 0.05) is 34.6 Å². The van der Waals surface area contributed by atoms with Crippen LogP contribution in [0.1, 0.15) is 5.56 Å². The van der Waals surface area contributed by atoms with Crippen molar-refractivity contribution in [1.29, 1.82) is 0 Å². The summed E-state index contributed by atoms with van der Waals surface area (Å²) in [6.07, 6.45) is 3.41. The monoisotopic (exact) mass is 373 g/mol. The third kappa shape index (κ3) is 3.33. The van der Waals surface area contributed by atoms with E-state index in [9.17, 15) is 4.39 Å². The molecule has 0 aliphatic rings. The summed E-state index contributed by atoms with van der Waals surface area (Å²) in [4.78, 5) is 12.1. The van der Waals surface area contributed by atoms with Crippen molar-refractivity contribution in [2.45, 2.75) is 0 Å². The number of pyridine rings is 1. The van der Waals surface area contributed by atoms with Crippen molar-refractivity contribution >= 4 is 5.84 Å². The number of halogens is 1. The van der Waals surface area contributed by atoms with Crippen LogP contribution in [0.3, 0.4) is 0 Å². The lowest BCUT2D eigenvalue weighted by Crippen LogP contribution is -2.12. The molecule has 2 aromatic heterocycles. The summed E-state index contributed by atoms with van der Waals surface area (Å²) in [6.45, 7) is 0. The number of nitrogens with zero attached hydrogens (tertiary/aromatic N) is 3. The highest BCUT2D eigenvalue weighted by Gasteiger charge is 2.15. The molecule has 6 nitrogen and oxygen atoms in total. The number of aromatic nitrogens is 3. The summed E-state index contributed by atoms with van der Waals surface area (Å²) in [5.41, 5.74) is 10.3. The number of benzene rings is 2. The average Bonchev–Trinajstić information content (AvgIpc) is 3.20. The highest BCUT2D eigenvalue weighted by atomic mass is 19.1. The highest BCUT2D eigenvalue weighted by molar-refractivity contribution is 5.97. The summed E-state index contributed by atoms with van der Waals surface area (Å²) in [6, 6.07) is 17.1. The van der Waals surface area contributed by atoms with Crippen LogP contribution < -0.4 is 5.73 Å². The Kier molecular flexibility index (Phi) is 4.55. The maximum Gasteiger partial charge on any atom is 0.170 e. The first-order valence-corrected chi connectivity index (χ1v) is 8.50. The molecule has 0 aliphatic heterocycles. The van der Waals surface area contributed by atoms with E-state index in [1.165, 1.54) is 12.1 Å². The molecule has 0 radical (unpaired) electrons. The first-order chi connectivity index (χ1) is 13.7. The van der Waals surface area contributed by atoms with E-state index in [1.807, 2.05) is 24.3 Å². The minimum absolute atomic E-state index is 0.0375. The second-order valence-corrected chi connectivity index (χ2v) is 6.11. The SMILES string of the molecule is N/C(=N/O)c1ccc(-c2nc(-c3ccc(F)cc3)c(-c3ccncc3)[nH]2)cc1. The normalized spacial score (nSPS) is 11.5. The lowest BCUT2D eigenvalue weighted by Gasteiger charge is -2.02. The van der Waals surface area contributed by atoms with Gasteiger partial charge in [0.05, 0.1) is 11.4 Å². The predicted molar refractivity (Wildman–Crippen MR) is 105 cm³/mol. The number of H-pyrrole nitrogens is 1. The van der Waals surface area contributed by atoms with E-state index >= 15 is 0 Å². The molecule has 0 fully saturated rings. The zero-order chi connectivity index (χ0) is 19.5. The molecule has 0 atom stereocenters. The van der Waals surface area contributed by atoms with E-state index < -0.39 is 0 Å². The molecule has 4 N–H and O–H groups in total. The van der Waals surface area contributed by atoms with E-state index in [1.54, 1.807) is 36.7 Å². The van der Waals surface area contributed by atoms with Gasteiger partial charge in [0.15, 0.2) is 5.84 Å². The van der Waals surface area contributed by atoms with Crippen LogP contribution in [0.2, 0.25) is 0 Å². The lowest BCUT2D eigenvalue weighted by molar-refractivity contribution is 0.318. The number of oxime groups is 1. The molecular formula is C21H16FN5O. The van der Waals surface area contributed by atoms with Gasteiger partial charge in [-0.25, -0.2) is 9.37 Å². The minimum Gasteiger partial charge on any atom is -0.409 e. The van der Waals surface area contributed by atoms with Crippen molar-refractivity contribution < 1.29 is 9.60 Å². The van der Waals surface area contributed by atoms with Gasteiger partial charge in [-0.3, -0.25) is 4.98 Å². The summed E-state index contributed by atoms with van der Waals surface area (Å²) < 4.78 is 13.4. The topological polar surface area (TPSA) is 100 Å². The highest BCUT2D eigenvalue weighted by Crippen LogP contribution is 2.32. The number of nitrogens with one attached hydrogen (secondary N) is 1. The Hall–Kier alpha value is -4.00. The van der Waals surface area contributed by atoms with Crippen LogP contribution in [0.25, 0.3) is 33.9 Å². The zero-order valence-electron chi connectivity index (χ0n) is 14.7. The summed E-state index contributed by atoms with van der Waals surface area (Å²) >= 11 is 0. The first kappa shape index (κ1) is 17.4. The predicted octanol–water partition coefficient (Wildman–Crippen LogP) is 4.04. The number of nitrogens with two attached hydrogens (primary N) is 1. The van der Waals surface area contributed by atoms with Gasteiger partial charge in [0.25, 0.3) is 0 Å². The Bertz CT molecular complexity index is 1120. The van der Waals surface area contributed by atoms with Crippen LogP contribution >= 0.6 is 0 Å². The average molecular weight is 373 g/mol. The molecule has 7 heteroatoms. The van der Waals surface area contributed by atoms with Gasteiger partial charge in [-0.1, -0.05) is 29.4 Å². The van der Waals surface area contributed by atoms with E-state index in [-0.39, 0.29) is 11.7 Å². The van der Waals surface area contributed by atoms with Crippen LogP contribution in [-0.4, -0.2) is 26.0 Å². The Balaban J connectivity index is 1.82. The minimum atomic E-state index is -0.302. The third-order valence-electron chi connectivity index (χ3n) is 4.35. The molecule has 4 aromatic rings. The maximum absolute atomic E-state index is 13.4. The van der Waals surface area contributed by atoms with Crippen molar-refractivity contribution in [3.05, 3.63) is 84.4 Å². The second kappa shape index (κ2) is 7.32. The maximum atomic E-state index is 13.4. The van der Waals surface area contributed by atoms with E-state index in [0.29, 0.717) is 17.1 Å². The number of hydrogen-bond donors (Lipinski definition) is 3. The molecule has 138 valence electrons. The molecule has 28 heavy (non-hydrogen) atoms. The van der Waals surface area contributed by atoms with Gasteiger partial charge in [-0.15, -0.1) is 0 Å². The fourth-order valence-corrected chi connectivity index (χ4v) is 2.91. The molecule has 0 unspecified atom stereocenters. The molecule has 0 aliphatic carbocycles. The van der Waals surface area contributed by atoms with E-state index in [4.69, 9.17) is 15.9 Å². The number of imidazole rings is 1. The molecule has 0 amide bonds. The molecule has 0 saturated carbocycles. The van der Waals surface area contributed by atoms with Crippen molar-refractivity contribution in [2.24, 2.45) is 10.9 Å². The van der Waals surface area contributed by atoms with Crippen molar-refractivity contribution in [2.75, 3.05) is 0 Å². The van der Waals surface area contributed by atoms with Gasteiger partial charge >= 0.3 is 0 Å². The van der Waals surface area contributed by atoms with Crippen LogP contribution in [0.5, 0.6) is 0 Å². The van der Waals surface area contributed by atoms with E-state index in [0.717, 1.165) is 22.4 Å². The Morgan fingerprint density at radius 3 is 2.18 bits per heavy atom. The quantitative estimate of drug-likeness (QED) is 0.217. The Morgan fingerprint density at radius 2 is 1.54 bits per heavy atom. The molecule has 0 bridgehead atoms. The second-order valence-electron chi connectivity index (χ2n) is 6.11. The number of hydrogen-bond acceptors (Lipinski definition) is 4. The summed E-state index contributed by atoms with van der Waals surface area (Å²) in [5.74, 6) is 0.386. The fraction of sp³-hybridized carbons (Fsp3) is 0. The lowest BCUT2D eigenvalue weighted by atomic mass is 10.1. The number of aromatic amines is 1. The van der Waals surface area contributed by atoms with Gasteiger partial charge in [0.1, 0.15) is 11.6 Å². The molecule has 0 spiro atoms. The summed E-state index contributed by atoms with van der Waals surface area (Å²) in [7, 11) is 0.